The van der Waals surface area contributed by atoms with E-state index in [1.165, 1.54) is 0 Å². The maximum Gasteiger partial charge on any atom is 0.227 e. The molecule has 2 amide bonds. The van der Waals surface area contributed by atoms with E-state index in [0.29, 0.717) is 19.5 Å². The molecule has 0 aromatic heterocycles. The highest BCUT2D eigenvalue weighted by Crippen LogP contribution is 2.28. The zero-order valence-electron chi connectivity index (χ0n) is 14.0. The summed E-state index contributed by atoms with van der Waals surface area (Å²) in [5, 5.41) is 2.94. The monoisotopic (exact) mass is 335 g/mol. The summed E-state index contributed by atoms with van der Waals surface area (Å²) < 4.78 is 0. The summed E-state index contributed by atoms with van der Waals surface area (Å²) in [5.41, 5.74) is 0.878. The van der Waals surface area contributed by atoms with Gasteiger partial charge in [0.25, 0.3) is 0 Å². The number of benzene rings is 1. The third kappa shape index (κ3) is 4.72. The molecule has 23 heavy (non-hydrogen) atoms. The minimum atomic E-state index is -0.257. The highest BCUT2D eigenvalue weighted by atomic mass is 32.2. The number of carbonyl (C=O) groups excluding carboxylic acids is 2. The Balaban J connectivity index is 1.92. The fourth-order valence-corrected chi connectivity index (χ4v) is 3.04. The Morgan fingerprint density at radius 3 is 2.96 bits per heavy atom. The van der Waals surface area contributed by atoms with Gasteiger partial charge >= 0.3 is 0 Å². The van der Waals surface area contributed by atoms with Gasteiger partial charge < -0.3 is 15.1 Å². The Kier molecular flexibility index (Phi) is 6.47. The van der Waals surface area contributed by atoms with E-state index in [4.69, 9.17) is 0 Å². The quantitative estimate of drug-likeness (QED) is 0.773. The summed E-state index contributed by atoms with van der Waals surface area (Å²) in [6.07, 6.45) is 2.30. The molecule has 0 saturated carbocycles. The Hall–Kier alpha value is -1.53. The number of thioether (sulfide) groups is 1. The van der Waals surface area contributed by atoms with Crippen molar-refractivity contribution in [3.05, 3.63) is 24.3 Å². The van der Waals surface area contributed by atoms with Gasteiger partial charge in [-0.05, 0) is 38.0 Å². The highest BCUT2D eigenvalue weighted by Gasteiger charge is 2.34. The normalized spacial score (nSPS) is 17.8. The topological polar surface area (TPSA) is 52.7 Å². The van der Waals surface area contributed by atoms with Crippen LogP contribution in [0.5, 0.6) is 0 Å². The van der Waals surface area contributed by atoms with Crippen molar-refractivity contribution in [3.63, 3.8) is 0 Å². The first-order chi connectivity index (χ1) is 11.0. The number of rotatable bonds is 7. The van der Waals surface area contributed by atoms with Gasteiger partial charge in [0.2, 0.25) is 11.8 Å². The van der Waals surface area contributed by atoms with Crippen LogP contribution in [0.2, 0.25) is 0 Å². The molecule has 1 aliphatic rings. The lowest BCUT2D eigenvalue weighted by molar-refractivity contribution is -0.126. The number of hydrogen-bond donors (Lipinski definition) is 1. The number of likely N-dealkylation sites (N-methyl/N-ethyl adjacent to an activating group) is 1. The lowest BCUT2D eigenvalue weighted by Crippen LogP contribution is -2.37. The predicted octanol–water partition coefficient (Wildman–Crippen LogP) is 1.83. The van der Waals surface area contributed by atoms with Crippen LogP contribution >= 0.6 is 11.8 Å². The van der Waals surface area contributed by atoms with E-state index < -0.39 is 0 Å². The molecule has 1 unspecified atom stereocenters. The number of amides is 2. The molecule has 0 radical (unpaired) electrons. The molecule has 5 nitrogen and oxygen atoms in total. The van der Waals surface area contributed by atoms with Gasteiger partial charge in [0.15, 0.2) is 0 Å². The second-order valence-corrected chi connectivity index (χ2v) is 6.67. The molecular formula is C17H25N3O2S. The van der Waals surface area contributed by atoms with Gasteiger partial charge in [-0.2, -0.15) is 0 Å². The second kappa shape index (κ2) is 8.36. The predicted molar refractivity (Wildman–Crippen MR) is 94.9 cm³/mol. The molecule has 1 aromatic rings. The van der Waals surface area contributed by atoms with Crippen molar-refractivity contribution < 1.29 is 9.59 Å². The summed E-state index contributed by atoms with van der Waals surface area (Å²) in [4.78, 5) is 29.5. The molecule has 1 saturated heterocycles. The lowest BCUT2D eigenvalue weighted by atomic mass is 10.1. The third-order valence-corrected chi connectivity index (χ3v) is 4.92. The Morgan fingerprint density at radius 2 is 2.26 bits per heavy atom. The minimum absolute atomic E-state index is 0.0219. The molecule has 0 aliphatic carbocycles. The van der Waals surface area contributed by atoms with Gasteiger partial charge in [-0.25, -0.2) is 0 Å². The first kappa shape index (κ1) is 17.8. The number of anilines is 1. The molecule has 2 rings (SSSR count). The van der Waals surface area contributed by atoms with E-state index in [-0.39, 0.29) is 17.7 Å². The van der Waals surface area contributed by atoms with Crippen molar-refractivity contribution in [1.29, 1.82) is 0 Å². The number of nitrogens with one attached hydrogen (secondary N) is 1. The zero-order valence-corrected chi connectivity index (χ0v) is 14.9. The van der Waals surface area contributed by atoms with Crippen LogP contribution in [0.25, 0.3) is 0 Å². The van der Waals surface area contributed by atoms with Crippen LogP contribution in [-0.4, -0.2) is 56.2 Å². The minimum Gasteiger partial charge on any atom is -0.355 e. The maximum absolute atomic E-state index is 12.2. The molecule has 1 fully saturated rings. The molecule has 1 atom stereocenters. The second-order valence-electron chi connectivity index (χ2n) is 5.79. The molecule has 0 spiro atoms. The average molecular weight is 335 g/mol. The molecule has 126 valence electrons. The van der Waals surface area contributed by atoms with Gasteiger partial charge in [0, 0.05) is 36.6 Å². The summed E-state index contributed by atoms with van der Waals surface area (Å²) in [5.74, 6) is -0.257. The van der Waals surface area contributed by atoms with Crippen molar-refractivity contribution in [3.8, 4) is 0 Å². The Labute approximate surface area is 142 Å². The first-order valence-electron chi connectivity index (χ1n) is 7.95. The Morgan fingerprint density at radius 1 is 1.48 bits per heavy atom. The van der Waals surface area contributed by atoms with Crippen LogP contribution in [0.4, 0.5) is 5.69 Å². The molecule has 6 heteroatoms. The van der Waals surface area contributed by atoms with Crippen LogP contribution in [0.1, 0.15) is 13.3 Å². The van der Waals surface area contributed by atoms with Crippen molar-refractivity contribution in [1.82, 2.24) is 10.2 Å². The van der Waals surface area contributed by atoms with Crippen LogP contribution in [0.3, 0.4) is 0 Å². The maximum atomic E-state index is 12.2. The smallest absolute Gasteiger partial charge is 0.227 e. The van der Waals surface area contributed by atoms with E-state index in [2.05, 4.69) is 17.1 Å². The average Bonchev–Trinajstić information content (AvgIpc) is 2.96. The standard InChI is InChI=1S/C17H25N3O2S/c1-4-19(2)9-8-18-17(22)13-10-16(21)20(12-13)14-6-5-7-15(11-14)23-3/h5-7,11,13H,4,8-10,12H2,1-3H3,(H,18,22). The van der Waals surface area contributed by atoms with E-state index in [1.54, 1.807) is 16.7 Å². The molecule has 1 N–H and O–H groups in total. The van der Waals surface area contributed by atoms with E-state index in [9.17, 15) is 9.59 Å². The molecular weight excluding hydrogens is 310 g/mol. The van der Waals surface area contributed by atoms with Crippen molar-refractivity contribution >= 4 is 29.3 Å². The van der Waals surface area contributed by atoms with E-state index in [0.717, 1.165) is 23.7 Å². The van der Waals surface area contributed by atoms with Crippen LogP contribution in [0, 0.1) is 5.92 Å². The largest absolute Gasteiger partial charge is 0.355 e. The van der Waals surface area contributed by atoms with Crippen LogP contribution in [0.15, 0.2) is 29.2 Å². The summed E-state index contributed by atoms with van der Waals surface area (Å²) in [6.45, 7) is 4.94. The molecule has 1 aromatic carbocycles. The van der Waals surface area contributed by atoms with Crippen molar-refractivity contribution in [2.24, 2.45) is 5.92 Å². The fourth-order valence-electron chi connectivity index (χ4n) is 2.58. The number of carbonyl (C=O) groups is 2. The Bertz CT molecular complexity index is 565. The third-order valence-electron chi connectivity index (χ3n) is 4.19. The van der Waals surface area contributed by atoms with Gasteiger partial charge in [-0.1, -0.05) is 13.0 Å². The number of hydrogen-bond acceptors (Lipinski definition) is 4. The van der Waals surface area contributed by atoms with Gasteiger partial charge in [-0.15, -0.1) is 11.8 Å². The highest BCUT2D eigenvalue weighted by molar-refractivity contribution is 7.98. The van der Waals surface area contributed by atoms with E-state index in [1.807, 2.05) is 37.6 Å². The summed E-state index contributed by atoms with van der Waals surface area (Å²) in [6, 6.07) is 7.89. The molecule has 0 bridgehead atoms. The summed E-state index contributed by atoms with van der Waals surface area (Å²) in [7, 11) is 2.02. The number of nitrogens with zero attached hydrogens (tertiary/aromatic N) is 2. The van der Waals surface area contributed by atoms with Crippen LogP contribution in [-0.2, 0) is 9.59 Å². The van der Waals surface area contributed by atoms with Gasteiger partial charge in [0.05, 0.1) is 5.92 Å². The SMILES string of the molecule is CCN(C)CCNC(=O)C1CC(=O)N(c2cccc(SC)c2)C1. The fraction of sp³-hybridized carbons (Fsp3) is 0.529. The zero-order chi connectivity index (χ0) is 16.8. The van der Waals surface area contributed by atoms with Gasteiger partial charge in [0.1, 0.15) is 0 Å². The first-order valence-corrected chi connectivity index (χ1v) is 9.18. The molecule has 1 heterocycles. The van der Waals surface area contributed by atoms with Crippen LogP contribution < -0.4 is 10.2 Å². The van der Waals surface area contributed by atoms with Crippen molar-refractivity contribution in [2.75, 3.05) is 44.4 Å². The lowest BCUT2D eigenvalue weighted by Gasteiger charge is -2.18. The van der Waals surface area contributed by atoms with Crippen molar-refractivity contribution in [2.45, 2.75) is 18.2 Å². The van der Waals surface area contributed by atoms with Gasteiger partial charge in [-0.3, -0.25) is 9.59 Å². The summed E-state index contributed by atoms with van der Waals surface area (Å²) >= 11 is 1.64. The molecule has 1 aliphatic heterocycles. The van der Waals surface area contributed by atoms with E-state index >= 15 is 0 Å².